The number of rotatable bonds is 6. The van der Waals surface area contributed by atoms with Crippen molar-refractivity contribution in [2.24, 2.45) is 0 Å². The normalized spacial score (nSPS) is 17.7. The molecule has 1 unspecified atom stereocenters. The highest BCUT2D eigenvalue weighted by molar-refractivity contribution is 5.23. The molecule has 5 N–H and O–H groups in total. The van der Waals surface area contributed by atoms with E-state index in [0.717, 1.165) is 4.57 Å². The van der Waals surface area contributed by atoms with Gasteiger partial charge in [-0.15, -0.1) is 0 Å². The first-order chi connectivity index (χ1) is 8.80. The number of aromatic nitrogens is 2. The van der Waals surface area contributed by atoms with Crippen LogP contribution in [0.15, 0.2) is 17.1 Å². The first kappa shape index (κ1) is 15.6. The summed E-state index contributed by atoms with van der Waals surface area (Å²) in [5.74, 6) is 0.0928. The minimum Gasteiger partial charge on any atom is -0.393 e. The van der Waals surface area contributed by atoms with Crippen LogP contribution in [0.1, 0.15) is 13.8 Å². The Morgan fingerprint density at radius 3 is 2.68 bits per heavy atom. The van der Waals surface area contributed by atoms with E-state index in [1.54, 1.807) is 0 Å². The van der Waals surface area contributed by atoms with Crippen molar-refractivity contribution in [3.05, 3.63) is 22.7 Å². The molecule has 3 atom stereocenters. The van der Waals surface area contributed by atoms with Crippen LogP contribution in [0.2, 0.25) is 0 Å². The molecule has 0 saturated carbocycles. The molecule has 0 aliphatic rings. The third-order valence-electron chi connectivity index (χ3n) is 2.83. The summed E-state index contributed by atoms with van der Waals surface area (Å²) in [5.41, 5.74) is 3.35. The van der Waals surface area contributed by atoms with Gasteiger partial charge < -0.3 is 25.8 Å². The van der Waals surface area contributed by atoms with Crippen LogP contribution in [-0.2, 0) is 11.5 Å². The van der Waals surface area contributed by atoms with Gasteiger partial charge in [-0.2, -0.15) is 4.98 Å². The quantitative estimate of drug-likeness (QED) is 0.485. The average Bonchev–Trinajstić information content (AvgIpc) is 2.36. The van der Waals surface area contributed by atoms with Crippen molar-refractivity contribution in [1.29, 1.82) is 0 Å². The van der Waals surface area contributed by atoms with E-state index in [1.807, 2.05) is 0 Å². The Labute approximate surface area is 110 Å². The van der Waals surface area contributed by atoms with Gasteiger partial charge in [-0.05, 0) is 19.9 Å². The molecular formula is C11H19N3O5. The summed E-state index contributed by atoms with van der Waals surface area (Å²) in [5, 5.41) is 28.4. The first-order valence-electron chi connectivity index (χ1n) is 5.74. The second kappa shape index (κ2) is 6.11. The second-order valence-corrected chi connectivity index (χ2v) is 4.53. The molecule has 0 radical (unpaired) electrons. The molecule has 0 aliphatic carbocycles. The minimum absolute atomic E-state index is 0.0928. The summed E-state index contributed by atoms with van der Waals surface area (Å²) in [6.45, 7) is 2.06. The lowest BCUT2D eigenvalue weighted by molar-refractivity contribution is -0.182. The molecule has 0 fully saturated rings. The Bertz CT molecular complexity index is 476. The monoisotopic (exact) mass is 273 g/mol. The van der Waals surface area contributed by atoms with Crippen molar-refractivity contribution in [2.45, 2.75) is 38.4 Å². The van der Waals surface area contributed by atoms with Gasteiger partial charge in [0.25, 0.3) is 0 Å². The van der Waals surface area contributed by atoms with E-state index in [1.165, 1.54) is 26.1 Å². The molecule has 19 heavy (non-hydrogen) atoms. The molecule has 1 aromatic heterocycles. The van der Waals surface area contributed by atoms with Gasteiger partial charge in [0, 0.05) is 6.20 Å². The fourth-order valence-electron chi connectivity index (χ4n) is 1.49. The molecule has 1 rings (SSSR count). The highest BCUT2D eigenvalue weighted by Gasteiger charge is 2.36. The molecule has 1 heterocycles. The Morgan fingerprint density at radius 1 is 1.58 bits per heavy atom. The van der Waals surface area contributed by atoms with Crippen LogP contribution in [0.5, 0.6) is 0 Å². The lowest BCUT2D eigenvalue weighted by atomic mass is 9.96. The van der Waals surface area contributed by atoms with Crippen molar-refractivity contribution in [1.82, 2.24) is 9.55 Å². The molecule has 1 aromatic rings. The van der Waals surface area contributed by atoms with E-state index in [2.05, 4.69) is 4.98 Å². The van der Waals surface area contributed by atoms with Crippen LogP contribution in [0.25, 0.3) is 0 Å². The van der Waals surface area contributed by atoms with Gasteiger partial charge in [-0.3, -0.25) is 4.57 Å². The third kappa shape index (κ3) is 3.74. The van der Waals surface area contributed by atoms with E-state index in [9.17, 15) is 20.1 Å². The summed E-state index contributed by atoms with van der Waals surface area (Å²) in [4.78, 5) is 15.0. The predicted octanol–water partition coefficient (Wildman–Crippen LogP) is -1.71. The van der Waals surface area contributed by atoms with Gasteiger partial charge >= 0.3 is 5.69 Å². The zero-order valence-corrected chi connectivity index (χ0v) is 10.9. The fraction of sp³-hybridized carbons (Fsp3) is 0.636. The van der Waals surface area contributed by atoms with Gasteiger partial charge in [0.15, 0.2) is 0 Å². The van der Waals surface area contributed by atoms with Gasteiger partial charge in [0.1, 0.15) is 24.3 Å². The topological polar surface area (TPSA) is 131 Å². The molecule has 0 aliphatic heterocycles. The second-order valence-electron chi connectivity index (χ2n) is 4.53. The van der Waals surface area contributed by atoms with Crippen LogP contribution in [0, 0.1) is 0 Å². The van der Waals surface area contributed by atoms with Gasteiger partial charge in [-0.1, -0.05) is 0 Å². The highest BCUT2D eigenvalue weighted by Crippen LogP contribution is 2.18. The molecular weight excluding hydrogens is 254 g/mol. The number of nitrogens with zero attached hydrogens (tertiary/aromatic N) is 2. The smallest absolute Gasteiger partial charge is 0.351 e. The summed E-state index contributed by atoms with van der Waals surface area (Å²) in [6, 6.07) is 1.42. The number of ether oxygens (including phenoxy) is 1. The first-order valence-corrected chi connectivity index (χ1v) is 5.74. The number of aliphatic hydroxyl groups excluding tert-OH is 3. The van der Waals surface area contributed by atoms with Crippen LogP contribution < -0.4 is 11.4 Å². The summed E-state index contributed by atoms with van der Waals surface area (Å²) >= 11 is 0. The number of nitrogen functional groups attached to an aromatic ring is 1. The number of hydrogen-bond donors (Lipinski definition) is 4. The number of anilines is 1. The van der Waals surface area contributed by atoms with Crippen molar-refractivity contribution < 1.29 is 20.1 Å². The average molecular weight is 273 g/mol. The van der Waals surface area contributed by atoms with E-state index < -0.39 is 30.1 Å². The minimum atomic E-state index is -1.39. The van der Waals surface area contributed by atoms with Gasteiger partial charge in [-0.25, -0.2) is 4.79 Å². The molecule has 8 heteroatoms. The van der Waals surface area contributed by atoms with Gasteiger partial charge in [0.2, 0.25) is 0 Å². The fourth-order valence-corrected chi connectivity index (χ4v) is 1.49. The Kier molecular flexibility index (Phi) is 5.01. The number of aliphatic hydroxyl groups is 3. The third-order valence-corrected chi connectivity index (χ3v) is 2.83. The standard InChI is InChI=1S/C11H19N3O5/c1-7(16)9(17)11(2,5-15)19-6-14-4-3-8(12)13-10(14)18/h3-4,7,9,15-17H,5-6H2,1-2H3,(H2,12,13,18)/t7?,9-,11+/m0/s1. The molecule has 0 aromatic carbocycles. The molecule has 0 bridgehead atoms. The Hall–Kier alpha value is -1.48. The number of nitrogens with two attached hydrogens (primary N) is 1. The van der Waals surface area contributed by atoms with Crippen LogP contribution in [0.3, 0.4) is 0 Å². The molecule has 0 spiro atoms. The zero-order valence-electron chi connectivity index (χ0n) is 10.9. The Morgan fingerprint density at radius 2 is 2.21 bits per heavy atom. The highest BCUT2D eigenvalue weighted by atomic mass is 16.5. The van der Waals surface area contributed by atoms with Crippen molar-refractivity contribution >= 4 is 5.82 Å². The Balaban J connectivity index is 2.80. The lowest BCUT2D eigenvalue weighted by Crippen LogP contribution is -2.51. The van der Waals surface area contributed by atoms with Gasteiger partial charge in [0.05, 0.1) is 12.7 Å². The largest absolute Gasteiger partial charge is 0.393 e. The predicted molar refractivity (Wildman–Crippen MR) is 67.2 cm³/mol. The molecule has 0 amide bonds. The van der Waals surface area contributed by atoms with Crippen molar-refractivity contribution in [3.63, 3.8) is 0 Å². The molecule has 0 saturated heterocycles. The van der Waals surface area contributed by atoms with E-state index >= 15 is 0 Å². The maximum absolute atomic E-state index is 11.5. The summed E-state index contributed by atoms with van der Waals surface area (Å²) in [6.07, 6.45) is -0.995. The lowest BCUT2D eigenvalue weighted by Gasteiger charge is -2.34. The maximum Gasteiger partial charge on any atom is 0.351 e. The van der Waals surface area contributed by atoms with E-state index in [0.29, 0.717) is 0 Å². The number of hydrogen-bond acceptors (Lipinski definition) is 7. The van der Waals surface area contributed by atoms with E-state index in [-0.39, 0.29) is 12.5 Å². The van der Waals surface area contributed by atoms with Crippen LogP contribution in [-0.4, -0.2) is 49.3 Å². The van der Waals surface area contributed by atoms with Crippen molar-refractivity contribution in [2.75, 3.05) is 12.3 Å². The zero-order chi connectivity index (χ0) is 14.6. The molecule has 8 nitrogen and oxygen atoms in total. The summed E-state index contributed by atoms with van der Waals surface area (Å²) < 4.78 is 6.45. The van der Waals surface area contributed by atoms with Crippen LogP contribution in [0.4, 0.5) is 5.82 Å². The summed E-state index contributed by atoms with van der Waals surface area (Å²) in [7, 11) is 0. The van der Waals surface area contributed by atoms with Crippen LogP contribution >= 0.6 is 0 Å². The van der Waals surface area contributed by atoms with E-state index in [4.69, 9.17) is 10.5 Å². The van der Waals surface area contributed by atoms with Crippen molar-refractivity contribution in [3.8, 4) is 0 Å². The maximum atomic E-state index is 11.5. The molecule has 108 valence electrons. The SMILES string of the molecule is CC(O)[C@H](O)[C@@](C)(CO)OCn1ccc(N)nc1=O.